The van der Waals surface area contributed by atoms with Gasteiger partial charge in [-0.05, 0) is 25.1 Å². The van der Waals surface area contributed by atoms with E-state index in [1.54, 1.807) is 19.1 Å². The van der Waals surface area contributed by atoms with Crippen LogP contribution in [0.4, 0.5) is 0 Å². The van der Waals surface area contributed by atoms with Gasteiger partial charge < -0.3 is 9.84 Å². The summed E-state index contributed by atoms with van der Waals surface area (Å²) in [5, 5.41) is 10.6. The summed E-state index contributed by atoms with van der Waals surface area (Å²) in [6.07, 6.45) is -1.13. The summed E-state index contributed by atoms with van der Waals surface area (Å²) in [4.78, 5) is 11.2. The van der Waals surface area contributed by atoms with Crippen molar-refractivity contribution in [2.24, 2.45) is 0 Å². The van der Waals surface area contributed by atoms with Crippen LogP contribution in [0.5, 0.6) is 0 Å². The summed E-state index contributed by atoms with van der Waals surface area (Å²) in [6, 6.07) is 4.73. The third-order valence-corrected chi connectivity index (χ3v) is 2.56. The molecule has 0 spiro atoms. The zero-order valence-corrected chi connectivity index (χ0v) is 10.3. The van der Waals surface area contributed by atoms with Gasteiger partial charge in [0.1, 0.15) is 0 Å². The lowest BCUT2D eigenvalue weighted by atomic mass is 10.1. The van der Waals surface area contributed by atoms with E-state index in [9.17, 15) is 9.90 Å². The highest BCUT2D eigenvalue weighted by atomic mass is 35.5. The molecule has 0 aliphatic carbocycles. The largest absolute Gasteiger partial charge is 0.466 e. The molecule has 0 aliphatic rings. The fourth-order valence-electron chi connectivity index (χ4n) is 1.26. The molecule has 1 aromatic rings. The van der Waals surface area contributed by atoms with Crippen molar-refractivity contribution in [2.45, 2.75) is 19.4 Å². The molecule has 0 amide bonds. The molecule has 0 heterocycles. The number of aliphatic hydroxyl groups is 1. The van der Waals surface area contributed by atoms with Crippen LogP contribution in [0.2, 0.25) is 10.0 Å². The maximum absolute atomic E-state index is 11.2. The molecule has 0 aliphatic heterocycles. The molecule has 1 N–H and O–H groups in total. The van der Waals surface area contributed by atoms with Gasteiger partial charge in [0.25, 0.3) is 0 Å². The lowest BCUT2D eigenvalue weighted by Crippen LogP contribution is -2.10. The van der Waals surface area contributed by atoms with Gasteiger partial charge in [0, 0.05) is 15.6 Å². The average Bonchev–Trinajstić information content (AvgIpc) is 2.21. The van der Waals surface area contributed by atoms with Crippen LogP contribution in [0.1, 0.15) is 25.0 Å². The maximum atomic E-state index is 11.2. The van der Waals surface area contributed by atoms with Crippen molar-refractivity contribution in [3.8, 4) is 0 Å². The molecule has 0 radical (unpaired) electrons. The molecule has 1 rings (SSSR count). The van der Waals surface area contributed by atoms with E-state index in [1.165, 1.54) is 6.07 Å². The van der Waals surface area contributed by atoms with E-state index in [1.807, 2.05) is 0 Å². The summed E-state index contributed by atoms with van der Waals surface area (Å²) >= 11 is 11.7. The second-order valence-electron chi connectivity index (χ2n) is 3.19. The van der Waals surface area contributed by atoms with Gasteiger partial charge in [0.05, 0.1) is 19.1 Å². The SMILES string of the molecule is CCOC(=O)CC(O)c1cc(Cl)ccc1Cl. The molecule has 88 valence electrons. The first-order valence-electron chi connectivity index (χ1n) is 4.83. The normalized spacial score (nSPS) is 12.2. The molecule has 1 unspecified atom stereocenters. The standard InChI is InChI=1S/C11H12Cl2O3/c1-2-16-11(15)6-10(14)8-5-7(12)3-4-9(8)13/h3-5,10,14H,2,6H2,1H3. The van der Waals surface area contributed by atoms with Gasteiger partial charge in [-0.1, -0.05) is 23.2 Å². The number of carbonyl (C=O) groups is 1. The molecule has 0 saturated heterocycles. The van der Waals surface area contributed by atoms with E-state index in [-0.39, 0.29) is 13.0 Å². The van der Waals surface area contributed by atoms with Gasteiger partial charge in [-0.15, -0.1) is 0 Å². The highest BCUT2D eigenvalue weighted by Gasteiger charge is 2.16. The fraction of sp³-hybridized carbons (Fsp3) is 0.364. The van der Waals surface area contributed by atoms with Gasteiger partial charge in [-0.25, -0.2) is 0 Å². The number of carbonyl (C=O) groups excluding carboxylic acids is 1. The molecule has 3 nitrogen and oxygen atoms in total. The van der Waals surface area contributed by atoms with Gasteiger partial charge in [-0.2, -0.15) is 0 Å². The highest BCUT2D eigenvalue weighted by Crippen LogP contribution is 2.28. The van der Waals surface area contributed by atoms with Crippen LogP contribution in [0.25, 0.3) is 0 Å². The number of halogens is 2. The van der Waals surface area contributed by atoms with Crippen molar-refractivity contribution >= 4 is 29.2 Å². The van der Waals surface area contributed by atoms with Gasteiger partial charge in [-0.3, -0.25) is 4.79 Å². The lowest BCUT2D eigenvalue weighted by molar-refractivity contribution is -0.145. The molecule has 1 atom stereocenters. The third kappa shape index (κ3) is 3.67. The van der Waals surface area contributed by atoms with Crippen LogP contribution in [0, 0.1) is 0 Å². The molecule has 0 saturated carbocycles. The first kappa shape index (κ1) is 13.3. The Hall–Kier alpha value is -0.770. The summed E-state index contributed by atoms with van der Waals surface area (Å²) < 4.78 is 4.73. The van der Waals surface area contributed by atoms with Crippen molar-refractivity contribution in [3.63, 3.8) is 0 Å². The highest BCUT2D eigenvalue weighted by molar-refractivity contribution is 6.33. The predicted molar refractivity (Wildman–Crippen MR) is 62.7 cm³/mol. The molecular weight excluding hydrogens is 251 g/mol. The quantitative estimate of drug-likeness (QED) is 0.849. The summed E-state index contributed by atoms with van der Waals surface area (Å²) in [7, 11) is 0. The Balaban J connectivity index is 2.76. The molecule has 5 heteroatoms. The Morgan fingerprint density at radius 3 is 2.81 bits per heavy atom. The van der Waals surface area contributed by atoms with Crippen LogP contribution in [0.15, 0.2) is 18.2 Å². The van der Waals surface area contributed by atoms with E-state index in [2.05, 4.69) is 0 Å². The van der Waals surface area contributed by atoms with Crippen molar-refractivity contribution in [2.75, 3.05) is 6.61 Å². The first-order valence-corrected chi connectivity index (χ1v) is 5.58. The third-order valence-electron chi connectivity index (χ3n) is 1.98. The smallest absolute Gasteiger partial charge is 0.308 e. The predicted octanol–water partition coefficient (Wildman–Crippen LogP) is 2.98. The average molecular weight is 263 g/mol. The Morgan fingerprint density at radius 1 is 1.50 bits per heavy atom. The Labute approximate surface area is 104 Å². The van der Waals surface area contributed by atoms with E-state index in [0.29, 0.717) is 15.6 Å². The van der Waals surface area contributed by atoms with Crippen molar-refractivity contribution in [1.82, 2.24) is 0 Å². The first-order chi connectivity index (χ1) is 7.54. The zero-order chi connectivity index (χ0) is 12.1. The summed E-state index contributed by atoms with van der Waals surface area (Å²) in [5.74, 6) is -0.467. The van der Waals surface area contributed by atoms with Crippen LogP contribution in [0.3, 0.4) is 0 Å². The van der Waals surface area contributed by atoms with Crippen LogP contribution in [-0.2, 0) is 9.53 Å². The van der Waals surface area contributed by atoms with Crippen LogP contribution < -0.4 is 0 Å². The number of hydrogen-bond acceptors (Lipinski definition) is 3. The minimum atomic E-state index is -0.995. The molecule has 0 fully saturated rings. The second-order valence-corrected chi connectivity index (χ2v) is 4.03. The van der Waals surface area contributed by atoms with E-state index < -0.39 is 12.1 Å². The maximum Gasteiger partial charge on any atom is 0.308 e. The Kier molecular flexibility index (Phi) is 5.06. The number of ether oxygens (including phenoxy) is 1. The number of aliphatic hydroxyl groups excluding tert-OH is 1. The van der Waals surface area contributed by atoms with Crippen LogP contribution in [-0.4, -0.2) is 17.7 Å². The van der Waals surface area contributed by atoms with E-state index >= 15 is 0 Å². The summed E-state index contributed by atoms with van der Waals surface area (Å²) in [5.41, 5.74) is 0.433. The summed E-state index contributed by atoms with van der Waals surface area (Å²) in [6.45, 7) is 1.99. The topological polar surface area (TPSA) is 46.5 Å². The van der Waals surface area contributed by atoms with Crippen molar-refractivity contribution in [3.05, 3.63) is 33.8 Å². The second kappa shape index (κ2) is 6.09. The van der Waals surface area contributed by atoms with Gasteiger partial charge >= 0.3 is 5.97 Å². The number of esters is 1. The van der Waals surface area contributed by atoms with E-state index in [0.717, 1.165) is 0 Å². The zero-order valence-electron chi connectivity index (χ0n) is 8.74. The molecule has 1 aromatic carbocycles. The number of rotatable bonds is 4. The van der Waals surface area contributed by atoms with Crippen molar-refractivity contribution in [1.29, 1.82) is 0 Å². The molecule has 16 heavy (non-hydrogen) atoms. The monoisotopic (exact) mass is 262 g/mol. The van der Waals surface area contributed by atoms with Gasteiger partial charge in [0.2, 0.25) is 0 Å². The molecule has 0 bridgehead atoms. The van der Waals surface area contributed by atoms with E-state index in [4.69, 9.17) is 27.9 Å². The fourth-order valence-corrected chi connectivity index (χ4v) is 1.68. The Bertz CT molecular complexity index is 379. The molecular formula is C11H12Cl2O3. The number of hydrogen-bond donors (Lipinski definition) is 1. The Morgan fingerprint density at radius 2 is 2.19 bits per heavy atom. The van der Waals surface area contributed by atoms with Crippen molar-refractivity contribution < 1.29 is 14.6 Å². The molecule has 0 aromatic heterocycles. The number of benzene rings is 1. The minimum Gasteiger partial charge on any atom is -0.466 e. The van der Waals surface area contributed by atoms with Gasteiger partial charge in [0.15, 0.2) is 0 Å². The minimum absolute atomic E-state index is 0.131. The lowest BCUT2D eigenvalue weighted by Gasteiger charge is -2.12. The van der Waals surface area contributed by atoms with Crippen LogP contribution >= 0.6 is 23.2 Å².